The molecule has 26 heavy (non-hydrogen) atoms. The van der Waals surface area contributed by atoms with E-state index in [0.29, 0.717) is 18.0 Å². The van der Waals surface area contributed by atoms with Crippen molar-refractivity contribution in [1.29, 1.82) is 0 Å². The molecule has 0 aromatic heterocycles. The van der Waals surface area contributed by atoms with Gasteiger partial charge < -0.3 is 4.90 Å². The second-order valence-corrected chi connectivity index (χ2v) is 7.03. The summed E-state index contributed by atoms with van der Waals surface area (Å²) >= 11 is 6.52. The van der Waals surface area contributed by atoms with E-state index < -0.39 is 0 Å². The number of halogens is 1. The first-order chi connectivity index (χ1) is 12.7. The minimum Gasteiger partial charge on any atom is -0.331 e. The van der Waals surface area contributed by atoms with E-state index in [9.17, 15) is 4.79 Å². The molecule has 0 radical (unpaired) electrons. The smallest absolute Gasteiger partial charge is 0.227 e. The van der Waals surface area contributed by atoms with E-state index in [2.05, 4.69) is 18.2 Å². The van der Waals surface area contributed by atoms with E-state index in [0.717, 1.165) is 17.5 Å². The van der Waals surface area contributed by atoms with Crippen molar-refractivity contribution in [2.24, 2.45) is 0 Å². The Bertz CT molecular complexity index is 922. The van der Waals surface area contributed by atoms with Crippen molar-refractivity contribution in [3.63, 3.8) is 0 Å². The topological polar surface area (TPSA) is 20.3 Å². The van der Waals surface area contributed by atoms with E-state index in [4.69, 9.17) is 11.6 Å². The van der Waals surface area contributed by atoms with Crippen LogP contribution >= 0.6 is 11.6 Å². The fourth-order valence-electron chi connectivity index (χ4n) is 3.74. The highest BCUT2D eigenvalue weighted by molar-refractivity contribution is 6.31. The van der Waals surface area contributed by atoms with Gasteiger partial charge in [0.25, 0.3) is 0 Å². The summed E-state index contributed by atoms with van der Waals surface area (Å²) in [6.45, 7) is 0.707. The average Bonchev–Trinajstić information content (AvgIpc) is 2.68. The van der Waals surface area contributed by atoms with E-state index >= 15 is 0 Å². The van der Waals surface area contributed by atoms with Crippen LogP contribution in [0.1, 0.15) is 28.3 Å². The molecule has 1 aliphatic rings. The van der Waals surface area contributed by atoms with Crippen molar-refractivity contribution in [2.45, 2.75) is 18.9 Å². The first kappa shape index (κ1) is 16.9. The van der Waals surface area contributed by atoms with Crippen LogP contribution in [0.15, 0.2) is 78.9 Å². The van der Waals surface area contributed by atoms with Crippen LogP contribution < -0.4 is 0 Å². The minimum absolute atomic E-state index is 0.134. The van der Waals surface area contributed by atoms with E-state index in [-0.39, 0.29) is 11.9 Å². The predicted octanol–water partition coefficient (Wildman–Crippen LogP) is 5.06. The third-order valence-corrected chi connectivity index (χ3v) is 5.35. The molecule has 0 unspecified atom stereocenters. The lowest BCUT2D eigenvalue weighted by Gasteiger charge is -2.38. The Balaban J connectivity index is 1.74. The number of nitrogens with zero attached hydrogens (tertiary/aromatic N) is 1. The van der Waals surface area contributed by atoms with Gasteiger partial charge in [-0.2, -0.15) is 0 Å². The Morgan fingerprint density at radius 3 is 2.31 bits per heavy atom. The van der Waals surface area contributed by atoms with E-state index in [1.807, 2.05) is 65.6 Å². The monoisotopic (exact) mass is 361 g/mol. The van der Waals surface area contributed by atoms with Crippen molar-refractivity contribution in [3.8, 4) is 0 Å². The summed E-state index contributed by atoms with van der Waals surface area (Å²) in [5.41, 5.74) is 4.49. The van der Waals surface area contributed by atoms with Gasteiger partial charge in [0.1, 0.15) is 0 Å². The summed E-state index contributed by atoms with van der Waals surface area (Å²) in [6.07, 6.45) is 1.28. The fourth-order valence-corrected chi connectivity index (χ4v) is 3.98. The summed E-state index contributed by atoms with van der Waals surface area (Å²) < 4.78 is 0. The Kier molecular flexibility index (Phi) is 4.77. The predicted molar refractivity (Wildman–Crippen MR) is 105 cm³/mol. The number of carbonyl (C=O) groups is 1. The highest BCUT2D eigenvalue weighted by Crippen LogP contribution is 2.38. The van der Waals surface area contributed by atoms with Crippen LogP contribution in [-0.4, -0.2) is 17.4 Å². The minimum atomic E-state index is -0.134. The third kappa shape index (κ3) is 3.25. The summed E-state index contributed by atoms with van der Waals surface area (Å²) in [5.74, 6) is 0.135. The molecular formula is C23H20ClNO. The van der Waals surface area contributed by atoms with Gasteiger partial charge in [0.15, 0.2) is 0 Å². The summed E-state index contributed by atoms with van der Waals surface area (Å²) in [5, 5.41) is 0.701. The molecule has 0 saturated heterocycles. The maximum absolute atomic E-state index is 13.2. The van der Waals surface area contributed by atoms with Crippen LogP contribution in [0, 0.1) is 0 Å². The number of rotatable bonds is 3. The number of fused-ring (bicyclic) bond motifs is 1. The summed E-state index contributed by atoms with van der Waals surface area (Å²) in [7, 11) is 0. The number of amides is 1. The molecule has 130 valence electrons. The largest absolute Gasteiger partial charge is 0.331 e. The highest BCUT2D eigenvalue weighted by Gasteiger charge is 2.32. The Hall–Kier alpha value is -2.58. The van der Waals surface area contributed by atoms with Crippen molar-refractivity contribution in [3.05, 3.63) is 106 Å². The Labute approximate surface area is 159 Å². The third-order valence-electron chi connectivity index (χ3n) is 5.00. The lowest BCUT2D eigenvalue weighted by molar-refractivity contribution is -0.132. The van der Waals surface area contributed by atoms with Crippen molar-refractivity contribution in [2.75, 3.05) is 6.54 Å². The fraction of sp³-hybridized carbons (Fsp3) is 0.174. The molecular weight excluding hydrogens is 342 g/mol. The van der Waals surface area contributed by atoms with Gasteiger partial charge in [0, 0.05) is 11.6 Å². The van der Waals surface area contributed by atoms with Crippen LogP contribution in [0.4, 0.5) is 0 Å². The van der Waals surface area contributed by atoms with Crippen LogP contribution in [-0.2, 0) is 17.6 Å². The molecule has 0 fully saturated rings. The quantitative estimate of drug-likeness (QED) is 0.638. The molecule has 3 aromatic rings. The first-order valence-corrected chi connectivity index (χ1v) is 9.27. The first-order valence-electron chi connectivity index (χ1n) is 8.89. The van der Waals surface area contributed by atoms with Crippen LogP contribution in [0.2, 0.25) is 5.02 Å². The molecule has 1 amide bonds. The Morgan fingerprint density at radius 2 is 1.54 bits per heavy atom. The highest BCUT2D eigenvalue weighted by atomic mass is 35.5. The van der Waals surface area contributed by atoms with Gasteiger partial charge in [-0.1, -0.05) is 84.4 Å². The van der Waals surface area contributed by atoms with Gasteiger partial charge in [-0.3, -0.25) is 4.79 Å². The molecule has 0 spiro atoms. The number of carbonyl (C=O) groups excluding carboxylic acids is 1. The molecule has 4 rings (SSSR count). The maximum Gasteiger partial charge on any atom is 0.227 e. The molecule has 1 aliphatic heterocycles. The molecule has 0 saturated carbocycles. The molecule has 3 heteroatoms. The van der Waals surface area contributed by atoms with Crippen LogP contribution in [0.5, 0.6) is 0 Å². The zero-order valence-electron chi connectivity index (χ0n) is 14.4. The van der Waals surface area contributed by atoms with Gasteiger partial charge in [0.2, 0.25) is 5.91 Å². The molecule has 3 aromatic carbocycles. The normalized spacial score (nSPS) is 16.2. The van der Waals surface area contributed by atoms with Gasteiger partial charge in [-0.05, 0) is 34.7 Å². The van der Waals surface area contributed by atoms with E-state index in [1.54, 1.807) is 0 Å². The molecule has 0 bridgehead atoms. The second kappa shape index (κ2) is 7.35. The SMILES string of the molecule is O=C(Cc1ccccc1)N1CCc2ccccc2[C@@H]1c1ccccc1Cl. The molecule has 2 nitrogen and oxygen atoms in total. The number of hydrogen-bond acceptors (Lipinski definition) is 1. The lowest BCUT2D eigenvalue weighted by atomic mass is 9.87. The van der Waals surface area contributed by atoms with Gasteiger partial charge in [-0.25, -0.2) is 0 Å². The van der Waals surface area contributed by atoms with E-state index in [1.165, 1.54) is 11.1 Å². The van der Waals surface area contributed by atoms with Gasteiger partial charge in [0.05, 0.1) is 12.5 Å². The zero-order chi connectivity index (χ0) is 17.9. The average molecular weight is 362 g/mol. The summed E-state index contributed by atoms with van der Waals surface area (Å²) in [4.78, 5) is 15.1. The van der Waals surface area contributed by atoms with Gasteiger partial charge in [-0.15, -0.1) is 0 Å². The van der Waals surface area contributed by atoms with Crippen molar-refractivity contribution >= 4 is 17.5 Å². The van der Waals surface area contributed by atoms with Crippen molar-refractivity contribution < 1.29 is 4.79 Å². The molecule has 0 N–H and O–H groups in total. The number of hydrogen-bond donors (Lipinski definition) is 0. The molecule has 0 aliphatic carbocycles. The van der Waals surface area contributed by atoms with Gasteiger partial charge >= 0.3 is 0 Å². The zero-order valence-corrected chi connectivity index (χ0v) is 15.2. The summed E-state index contributed by atoms with van der Waals surface area (Å²) in [6, 6.07) is 26.0. The van der Waals surface area contributed by atoms with Crippen LogP contribution in [0.25, 0.3) is 0 Å². The standard InChI is InChI=1S/C23H20ClNO/c24-21-13-7-6-12-20(21)23-19-11-5-4-10-18(19)14-15-25(23)22(26)16-17-8-2-1-3-9-17/h1-13,23H,14-16H2/t23-/m1/s1. The second-order valence-electron chi connectivity index (χ2n) is 6.62. The number of benzene rings is 3. The lowest BCUT2D eigenvalue weighted by Crippen LogP contribution is -2.41. The van der Waals surface area contributed by atoms with Crippen LogP contribution in [0.3, 0.4) is 0 Å². The maximum atomic E-state index is 13.2. The molecule has 1 heterocycles. The van der Waals surface area contributed by atoms with Crippen molar-refractivity contribution in [1.82, 2.24) is 4.90 Å². The molecule has 1 atom stereocenters. The Morgan fingerprint density at radius 1 is 0.885 bits per heavy atom.